The third-order valence-electron chi connectivity index (χ3n) is 6.71. The number of benzene rings is 1. The van der Waals surface area contributed by atoms with Gasteiger partial charge in [-0.2, -0.15) is 0 Å². The van der Waals surface area contributed by atoms with Crippen LogP contribution in [-0.2, 0) is 4.79 Å². The SMILES string of the molecule is O=C(NCCN1CCCCC1)c1cc(Cl)c(C(=O)n2ccc3c(NC(=O)C4CC4)nccc32)c(Cl)c1. The fourth-order valence-electron chi connectivity index (χ4n) is 4.55. The van der Waals surface area contributed by atoms with Gasteiger partial charge in [-0.1, -0.05) is 29.6 Å². The van der Waals surface area contributed by atoms with E-state index in [9.17, 15) is 14.4 Å². The summed E-state index contributed by atoms with van der Waals surface area (Å²) >= 11 is 12.9. The maximum Gasteiger partial charge on any atom is 0.265 e. The molecule has 2 N–H and O–H groups in total. The zero-order valence-corrected chi connectivity index (χ0v) is 21.2. The molecule has 10 heteroatoms. The van der Waals surface area contributed by atoms with Crippen LogP contribution in [0.2, 0.25) is 10.0 Å². The molecule has 0 unspecified atom stereocenters. The average molecular weight is 528 g/mol. The van der Waals surface area contributed by atoms with Gasteiger partial charge in [0.15, 0.2) is 0 Å². The summed E-state index contributed by atoms with van der Waals surface area (Å²) in [6.07, 6.45) is 8.54. The third-order valence-corrected chi connectivity index (χ3v) is 7.30. The Labute approximate surface area is 218 Å². The summed E-state index contributed by atoms with van der Waals surface area (Å²) in [5, 5.41) is 6.57. The van der Waals surface area contributed by atoms with E-state index in [0.717, 1.165) is 32.5 Å². The van der Waals surface area contributed by atoms with Crippen LogP contribution in [0.1, 0.15) is 52.8 Å². The minimum Gasteiger partial charge on any atom is -0.351 e. The van der Waals surface area contributed by atoms with E-state index in [2.05, 4.69) is 20.5 Å². The number of pyridine rings is 1. The second-order valence-corrected chi connectivity index (χ2v) is 10.1. The van der Waals surface area contributed by atoms with Crippen molar-refractivity contribution in [2.24, 2.45) is 5.92 Å². The van der Waals surface area contributed by atoms with Gasteiger partial charge >= 0.3 is 0 Å². The normalized spacial score (nSPS) is 16.2. The number of aromatic nitrogens is 2. The number of hydrogen-bond acceptors (Lipinski definition) is 5. The van der Waals surface area contributed by atoms with E-state index in [4.69, 9.17) is 23.2 Å². The van der Waals surface area contributed by atoms with Crippen LogP contribution in [-0.4, -0.2) is 58.4 Å². The number of rotatable bonds is 7. The van der Waals surface area contributed by atoms with Gasteiger partial charge in [-0.25, -0.2) is 4.98 Å². The highest BCUT2D eigenvalue weighted by Crippen LogP contribution is 2.32. The van der Waals surface area contributed by atoms with Gasteiger partial charge in [-0.15, -0.1) is 0 Å². The predicted octanol–water partition coefficient (Wildman–Crippen LogP) is 4.60. The van der Waals surface area contributed by atoms with E-state index in [-0.39, 0.29) is 33.3 Å². The van der Waals surface area contributed by atoms with Crippen molar-refractivity contribution in [3.8, 4) is 0 Å². The van der Waals surface area contributed by atoms with Crippen LogP contribution >= 0.6 is 23.2 Å². The number of hydrogen-bond donors (Lipinski definition) is 2. The summed E-state index contributed by atoms with van der Waals surface area (Å²) in [5.74, 6) is -0.357. The van der Waals surface area contributed by atoms with Crippen LogP contribution in [0.3, 0.4) is 0 Å². The predicted molar refractivity (Wildman–Crippen MR) is 140 cm³/mol. The highest BCUT2D eigenvalue weighted by molar-refractivity contribution is 6.40. The molecule has 0 radical (unpaired) electrons. The van der Waals surface area contributed by atoms with Gasteiger partial charge in [0.1, 0.15) is 5.82 Å². The fourth-order valence-corrected chi connectivity index (χ4v) is 5.20. The molecular weight excluding hydrogens is 501 g/mol. The first-order valence-corrected chi connectivity index (χ1v) is 13.0. The molecule has 2 amide bonds. The topological polar surface area (TPSA) is 96.3 Å². The quantitative estimate of drug-likeness (QED) is 0.468. The maximum absolute atomic E-state index is 13.4. The van der Waals surface area contributed by atoms with Gasteiger partial charge in [0.05, 0.1) is 21.1 Å². The fraction of sp³-hybridized carbons (Fsp3) is 0.385. The number of carbonyl (C=O) groups is 3. The number of amides is 2. The minimum absolute atomic E-state index is 0.0314. The third kappa shape index (κ3) is 5.26. The van der Waals surface area contributed by atoms with Crippen molar-refractivity contribution < 1.29 is 14.4 Å². The molecule has 0 atom stereocenters. The first kappa shape index (κ1) is 24.7. The van der Waals surface area contributed by atoms with Gasteiger partial charge < -0.3 is 15.5 Å². The zero-order valence-electron chi connectivity index (χ0n) is 19.7. The van der Waals surface area contributed by atoms with Gasteiger partial charge in [0.2, 0.25) is 5.91 Å². The van der Waals surface area contributed by atoms with Crippen LogP contribution < -0.4 is 10.6 Å². The number of carbonyl (C=O) groups excluding carboxylic acids is 3. The number of nitrogens with zero attached hydrogens (tertiary/aromatic N) is 3. The lowest BCUT2D eigenvalue weighted by molar-refractivity contribution is -0.117. The Morgan fingerprint density at radius 3 is 2.44 bits per heavy atom. The lowest BCUT2D eigenvalue weighted by atomic mass is 10.1. The monoisotopic (exact) mass is 527 g/mol. The molecule has 1 saturated heterocycles. The van der Waals surface area contributed by atoms with Crippen molar-refractivity contribution in [3.05, 3.63) is 57.8 Å². The molecule has 188 valence electrons. The number of nitrogens with one attached hydrogen (secondary N) is 2. The number of fused-ring (bicyclic) bond motifs is 1. The van der Waals surface area contributed by atoms with E-state index >= 15 is 0 Å². The Bertz CT molecular complexity index is 1310. The van der Waals surface area contributed by atoms with Crippen LogP contribution in [0, 0.1) is 5.92 Å². The summed E-state index contributed by atoms with van der Waals surface area (Å²) < 4.78 is 1.41. The Morgan fingerprint density at radius 1 is 1.03 bits per heavy atom. The second-order valence-electron chi connectivity index (χ2n) is 9.32. The molecule has 2 fully saturated rings. The van der Waals surface area contributed by atoms with Gasteiger partial charge in [-0.3, -0.25) is 19.0 Å². The summed E-state index contributed by atoms with van der Waals surface area (Å²) in [6, 6.07) is 6.33. The average Bonchev–Trinajstić information content (AvgIpc) is 3.63. The Morgan fingerprint density at radius 2 is 1.75 bits per heavy atom. The first-order chi connectivity index (χ1) is 17.4. The van der Waals surface area contributed by atoms with E-state index in [0.29, 0.717) is 28.8 Å². The van der Waals surface area contributed by atoms with Crippen molar-refractivity contribution in [3.63, 3.8) is 0 Å². The standard InChI is InChI=1S/C26H27Cl2N5O3/c27-19-14-17(24(34)30-9-13-32-10-2-1-3-11-32)15-20(28)22(19)26(36)33-12-7-18-21(33)6-8-29-23(18)31-25(35)16-4-5-16/h6-8,12,14-16H,1-5,9-11,13H2,(H,30,34)(H,29,31,35). The summed E-state index contributed by atoms with van der Waals surface area (Å²) in [4.78, 5) is 44.9. The van der Waals surface area contributed by atoms with Gasteiger partial charge in [-0.05, 0) is 63.0 Å². The molecule has 2 aromatic heterocycles. The molecule has 3 heterocycles. The van der Waals surface area contributed by atoms with E-state index in [1.165, 1.54) is 42.2 Å². The number of likely N-dealkylation sites (tertiary alicyclic amines) is 1. The minimum atomic E-state index is -0.442. The lowest BCUT2D eigenvalue weighted by Crippen LogP contribution is -2.37. The largest absolute Gasteiger partial charge is 0.351 e. The molecule has 3 aromatic rings. The van der Waals surface area contributed by atoms with E-state index in [1.807, 2.05) is 0 Å². The van der Waals surface area contributed by atoms with E-state index in [1.54, 1.807) is 18.3 Å². The lowest BCUT2D eigenvalue weighted by Gasteiger charge is -2.26. The van der Waals surface area contributed by atoms with Gasteiger partial charge in [0.25, 0.3) is 11.8 Å². The van der Waals surface area contributed by atoms with E-state index < -0.39 is 5.91 Å². The molecule has 1 saturated carbocycles. The zero-order chi connectivity index (χ0) is 25.2. The molecule has 1 aromatic carbocycles. The smallest absolute Gasteiger partial charge is 0.265 e. The van der Waals surface area contributed by atoms with Gasteiger partial charge in [0, 0.05) is 42.4 Å². The summed E-state index contributed by atoms with van der Waals surface area (Å²) in [6.45, 7) is 3.44. The maximum atomic E-state index is 13.4. The number of anilines is 1. The summed E-state index contributed by atoms with van der Waals surface area (Å²) in [5.41, 5.74) is 0.959. The van der Waals surface area contributed by atoms with Crippen LogP contribution in [0.4, 0.5) is 5.82 Å². The van der Waals surface area contributed by atoms with Crippen molar-refractivity contribution in [1.82, 2.24) is 19.8 Å². The number of piperidine rings is 1. The highest BCUT2D eigenvalue weighted by atomic mass is 35.5. The molecular formula is C26H27Cl2N5O3. The molecule has 36 heavy (non-hydrogen) atoms. The highest BCUT2D eigenvalue weighted by Gasteiger charge is 2.30. The van der Waals surface area contributed by atoms with Crippen LogP contribution in [0.15, 0.2) is 36.7 Å². The van der Waals surface area contributed by atoms with Crippen LogP contribution in [0.5, 0.6) is 0 Å². The molecule has 0 spiro atoms. The molecule has 8 nitrogen and oxygen atoms in total. The van der Waals surface area contributed by atoms with Crippen molar-refractivity contribution in [2.45, 2.75) is 32.1 Å². The molecule has 5 rings (SSSR count). The van der Waals surface area contributed by atoms with Crippen molar-refractivity contribution >= 4 is 57.6 Å². The second kappa shape index (κ2) is 10.6. The summed E-state index contributed by atoms with van der Waals surface area (Å²) in [7, 11) is 0. The van der Waals surface area contributed by atoms with Crippen molar-refractivity contribution in [2.75, 3.05) is 31.5 Å². The Hall–Kier alpha value is -2.94. The van der Waals surface area contributed by atoms with Crippen LogP contribution in [0.25, 0.3) is 10.9 Å². The first-order valence-electron chi connectivity index (χ1n) is 12.2. The molecule has 1 aliphatic heterocycles. The Balaban J connectivity index is 1.32. The molecule has 0 bridgehead atoms. The number of halogens is 2. The molecule has 1 aliphatic carbocycles. The Kier molecular flexibility index (Phi) is 7.27. The van der Waals surface area contributed by atoms with Crippen molar-refractivity contribution in [1.29, 1.82) is 0 Å². The molecule has 2 aliphatic rings.